The molecule has 0 radical (unpaired) electrons. The van der Waals surface area contributed by atoms with Crippen LogP contribution >= 0.6 is 11.6 Å². The molecular weight excluding hydrogens is 220 g/mol. The zero-order valence-electron chi connectivity index (χ0n) is 9.53. The van der Waals surface area contributed by atoms with E-state index >= 15 is 0 Å². The third-order valence-corrected chi connectivity index (χ3v) is 2.59. The Morgan fingerprint density at radius 3 is 2.50 bits per heavy atom. The van der Waals surface area contributed by atoms with Gasteiger partial charge in [-0.05, 0) is 41.0 Å². The highest BCUT2D eigenvalue weighted by Crippen LogP contribution is 2.24. The fraction of sp³-hybridized carbons (Fsp3) is 0.286. The Morgan fingerprint density at radius 1 is 1.06 bits per heavy atom. The predicted molar refractivity (Wildman–Crippen MR) is 69.3 cm³/mol. The molecule has 0 aliphatic rings. The van der Waals surface area contributed by atoms with E-state index in [-0.39, 0.29) is 0 Å². The molecule has 0 aromatic heterocycles. The van der Waals surface area contributed by atoms with E-state index in [9.17, 15) is 0 Å². The van der Waals surface area contributed by atoms with Crippen LogP contribution in [-0.2, 0) is 0 Å². The van der Waals surface area contributed by atoms with Crippen molar-refractivity contribution >= 4 is 22.4 Å². The summed E-state index contributed by atoms with van der Waals surface area (Å²) >= 11 is 5.93. The molecule has 0 amide bonds. The first-order valence-corrected chi connectivity index (χ1v) is 5.85. The zero-order valence-corrected chi connectivity index (χ0v) is 10.3. The number of hydrogen-bond donors (Lipinski definition) is 0. The van der Waals surface area contributed by atoms with Crippen molar-refractivity contribution in [1.29, 1.82) is 0 Å². The molecule has 0 saturated carbocycles. The normalized spacial score (nSPS) is 11.0. The summed E-state index contributed by atoms with van der Waals surface area (Å²) in [6.07, 6.45) is 0. The highest BCUT2D eigenvalue weighted by atomic mass is 35.5. The maximum atomic E-state index is 5.93. The number of halogens is 1. The predicted octanol–water partition coefficient (Wildman–Crippen LogP) is 4.53. The van der Waals surface area contributed by atoms with Gasteiger partial charge in [0.1, 0.15) is 5.75 Å². The van der Waals surface area contributed by atoms with E-state index in [1.165, 1.54) is 0 Å². The second-order valence-electron chi connectivity index (χ2n) is 4.36. The van der Waals surface area contributed by atoms with Gasteiger partial charge in [-0.1, -0.05) is 37.6 Å². The van der Waals surface area contributed by atoms with Crippen molar-refractivity contribution in [2.45, 2.75) is 13.8 Å². The minimum Gasteiger partial charge on any atom is -0.493 e. The highest BCUT2D eigenvalue weighted by Gasteiger charge is 2.00. The molecule has 0 unspecified atom stereocenters. The molecule has 84 valence electrons. The second kappa shape index (κ2) is 4.75. The van der Waals surface area contributed by atoms with Crippen LogP contribution in [0.25, 0.3) is 10.8 Å². The van der Waals surface area contributed by atoms with Crippen LogP contribution in [0, 0.1) is 5.92 Å². The summed E-state index contributed by atoms with van der Waals surface area (Å²) in [4.78, 5) is 0. The molecule has 0 fully saturated rings. The standard InChI is InChI=1S/C14H15ClO/c1-10(2)9-16-14-6-4-11-7-13(15)5-3-12(11)8-14/h3-8,10H,9H2,1-2H3. The van der Waals surface area contributed by atoms with E-state index in [0.29, 0.717) is 5.92 Å². The van der Waals surface area contributed by atoms with Crippen molar-refractivity contribution < 1.29 is 4.74 Å². The SMILES string of the molecule is CC(C)COc1ccc2cc(Cl)ccc2c1. The molecular formula is C14H15ClO. The Balaban J connectivity index is 2.26. The summed E-state index contributed by atoms with van der Waals surface area (Å²) in [5, 5.41) is 3.07. The molecule has 0 N–H and O–H groups in total. The second-order valence-corrected chi connectivity index (χ2v) is 4.79. The van der Waals surface area contributed by atoms with Gasteiger partial charge in [-0.25, -0.2) is 0 Å². The zero-order chi connectivity index (χ0) is 11.5. The first-order valence-electron chi connectivity index (χ1n) is 5.47. The van der Waals surface area contributed by atoms with Crippen LogP contribution in [0.4, 0.5) is 0 Å². The number of rotatable bonds is 3. The van der Waals surface area contributed by atoms with Crippen LogP contribution in [0.15, 0.2) is 36.4 Å². The molecule has 2 aromatic carbocycles. The Labute approximate surface area is 101 Å². The van der Waals surface area contributed by atoms with E-state index in [0.717, 1.165) is 28.2 Å². The van der Waals surface area contributed by atoms with Crippen molar-refractivity contribution in [1.82, 2.24) is 0 Å². The molecule has 1 nitrogen and oxygen atoms in total. The lowest BCUT2D eigenvalue weighted by molar-refractivity contribution is 0.271. The maximum Gasteiger partial charge on any atom is 0.119 e. The van der Waals surface area contributed by atoms with Gasteiger partial charge in [-0.3, -0.25) is 0 Å². The van der Waals surface area contributed by atoms with Crippen molar-refractivity contribution in [3.63, 3.8) is 0 Å². The molecule has 0 aliphatic heterocycles. The van der Waals surface area contributed by atoms with Gasteiger partial charge in [0.25, 0.3) is 0 Å². The minimum absolute atomic E-state index is 0.543. The summed E-state index contributed by atoms with van der Waals surface area (Å²) in [5.41, 5.74) is 0. The van der Waals surface area contributed by atoms with Crippen molar-refractivity contribution in [2.75, 3.05) is 6.61 Å². The summed E-state index contributed by atoms with van der Waals surface area (Å²) in [6, 6.07) is 11.9. The molecule has 0 heterocycles. The quantitative estimate of drug-likeness (QED) is 0.758. The molecule has 2 aromatic rings. The molecule has 0 atom stereocenters. The number of ether oxygens (including phenoxy) is 1. The summed E-state index contributed by atoms with van der Waals surface area (Å²) < 4.78 is 5.67. The van der Waals surface area contributed by atoms with Gasteiger partial charge in [-0.2, -0.15) is 0 Å². The van der Waals surface area contributed by atoms with E-state index < -0.39 is 0 Å². The third kappa shape index (κ3) is 2.67. The number of benzene rings is 2. The number of hydrogen-bond acceptors (Lipinski definition) is 1. The van der Waals surface area contributed by atoms with Gasteiger partial charge in [0, 0.05) is 5.02 Å². The Bertz CT molecular complexity index is 491. The molecule has 16 heavy (non-hydrogen) atoms. The lowest BCUT2D eigenvalue weighted by atomic mass is 10.1. The van der Waals surface area contributed by atoms with E-state index in [4.69, 9.17) is 16.3 Å². The Morgan fingerprint density at radius 2 is 1.75 bits per heavy atom. The van der Waals surface area contributed by atoms with Crippen LogP contribution < -0.4 is 4.74 Å². The summed E-state index contributed by atoms with van der Waals surface area (Å²) in [5.74, 6) is 1.46. The van der Waals surface area contributed by atoms with Crippen LogP contribution in [-0.4, -0.2) is 6.61 Å². The summed E-state index contributed by atoms with van der Waals surface area (Å²) in [6.45, 7) is 5.03. The lowest BCUT2D eigenvalue weighted by Crippen LogP contribution is -2.04. The largest absolute Gasteiger partial charge is 0.493 e. The molecule has 0 aliphatic carbocycles. The first-order chi connectivity index (χ1) is 7.65. The average Bonchev–Trinajstić information content (AvgIpc) is 2.26. The van der Waals surface area contributed by atoms with Crippen LogP contribution in [0.1, 0.15) is 13.8 Å². The smallest absolute Gasteiger partial charge is 0.119 e. The molecule has 0 saturated heterocycles. The van der Waals surface area contributed by atoms with Gasteiger partial charge < -0.3 is 4.74 Å². The third-order valence-electron chi connectivity index (χ3n) is 2.36. The lowest BCUT2D eigenvalue weighted by Gasteiger charge is -2.09. The van der Waals surface area contributed by atoms with Crippen LogP contribution in [0.5, 0.6) is 5.75 Å². The molecule has 0 spiro atoms. The Kier molecular flexibility index (Phi) is 3.35. The summed E-state index contributed by atoms with van der Waals surface area (Å²) in [7, 11) is 0. The van der Waals surface area contributed by atoms with E-state index in [1.807, 2.05) is 36.4 Å². The topological polar surface area (TPSA) is 9.23 Å². The highest BCUT2D eigenvalue weighted by molar-refractivity contribution is 6.31. The van der Waals surface area contributed by atoms with Crippen LogP contribution in [0.3, 0.4) is 0 Å². The van der Waals surface area contributed by atoms with Crippen LogP contribution in [0.2, 0.25) is 5.02 Å². The molecule has 2 heteroatoms. The molecule has 0 bridgehead atoms. The fourth-order valence-corrected chi connectivity index (χ4v) is 1.73. The first kappa shape index (κ1) is 11.3. The van der Waals surface area contributed by atoms with Crippen molar-refractivity contribution in [2.24, 2.45) is 5.92 Å². The van der Waals surface area contributed by atoms with E-state index in [1.54, 1.807) is 0 Å². The monoisotopic (exact) mass is 234 g/mol. The van der Waals surface area contributed by atoms with Gasteiger partial charge in [-0.15, -0.1) is 0 Å². The van der Waals surface area contributed by atoms with Gasteiger partial charge in [0.2, 0.25) is 0 Å². The molecule has 2 rings (SSSR count). The number of fused-ring (bicyclic) bond motifs is 1. The van der Waals surface area contributed by atoms with Gasteiger partial charge in [0.15, 0.2) is 0 Å². The fourth-order valence-electron chi connectivity index (χ4n) is 1.55. The van der Waals surface area contributed by atoms with Crippen molar-refractivity contribution in [3.8, 4) is 5.75 Å². The average molecular weight is 235 g/mol. The minimum atomic E-state index is 0.543. The van der Waals surface area contributed by atoms with Crippen molar-refractivity contribution in [3.05, 3.63) is 41.4 Å². The van der Waals surface area contributed by atoms with E-state index in [2.05, 4.69) is 13.8 Å². The van der Waals surface area contributed by atoms with Gasteiger partial charge >= 0.3 is 0 Å². The Hall–Kier alpha value is -1.21. The van der Waals surface area contributed by atoms with Gasteiger partial charge in [0.05, 0.1) is 6.61 Å². The maximum absolute atomic E-state index is 5.93.